The van der Waals surface area contributed by atoms with Crippen molar-refractivity contribution in [1.82, 2.24) is 4.57 Å². The van der Waals surface area contributed by atoms with Gasteiger partial charge in [0.05, 0.1) is 46.5 Å². The van der Waals surface area contributed by atoms with Crippen molar-refractivity contribution in [3.63, 3.8) is 0 Å². The van der Waals surface area contributed by atoms with Crippen LogP contribution in [0, 0.1) is 17.2 Å². The van der Waals surface area contributed by atoms with Crippen molar-refractivity contribution in [2.24, 2.45) is 22.8 Å². The number of halogens is 1. The molecule has 10 nitrogen and oxygen atoms in total. The van der Waals surface area contributed by atoms with Crippen LogP contribution in [0.15, 0.2) is 17.0 Å². The predicted octanol–water partition coefficient (Wildman–Crippen LogP) is 3.35. The number of benzene rings is 1. The summed E-state index contributed by atoms with van der Waals surface area (Å²) in [6.45, 7) is 7.90. The molecule has 1 aromatic heterocycles. The van der Waals surface area contributed by atoms with Crippen LogP contribution in [0.25, 0.3) is 5.69 Å². The Labute approximate surface area is 239 Å². The van der Waals surface area contributed by atoms with Gasteiger partial charge in [0.2, 0.25) is 0 Å². The Balaban J connectivity index is 1.46. The van der Waals surface area contributed by atoms with Gasteiger partial charge in [-0.2, -0.15) is 0 Å². The number of nitrogens with zero attached hydrogens (tertiary/aromatic N) is 1. The minimum atomic E-state index is -3.58. The van der Waals surface area contributed by atoms with Gasteiger partial charge in [0.25, 0.3) is 5.91 Å². The van der Waals surface area contributed by atoms with E-state index in [-0.39, 0.29) is 53.2 Å². The first kappa shape index (κ1) is 29.5. The average molecular weight is 591 g/mol. The van der Waals surface area contributed by atoms with Gasteiger partial charge < -0.3 is 30.8 Å². The van der Waals surface area contributed by atoms with Crippen LogP contribution in [-0.2, 0) is 43.7 Å². The summed E-state index contributed by atoms with van der Waals surface area (Å²) in [5, 5.41) is 3.30. The Kier molecular flexibility index (Phi) is 7.71. The van der Waals surface area contributed by atoms with Crippen molar-refractivity contribution < 1.29 is 31.9 Å². The van der Waals surface area contributed by atoms with Gasteiger partial charge in [-0.3, -0.25) is 9.59 Å². The molecule has 2 aromatic rings. The number of fused-ring (bicyclic) bond motifs is 3. The van der Waals surface area contributed by atoms with E-state index in [1.54, 1.807) is 10.6 Å². The van der Waals surface area contributed by atoms with Gasteiger partial charge in [0, 0.05) is 17.3 Å². The summed E-state index contributed by atoms with van der Waals surface area (Å²) in [5.41, 5.74) is 13.3. The Morgan fingerprint density at radius 2 is 1.83 bits per heavy atom. The van der Waals surface area contributed by atoms with Gasteiger partial charge in [-0.1, -0.05) is 27.7 Å². The van der Waals surface area contributed by atoms with E-state index < -0.39 is 39.0 Å². The molecular weight excluding hydrogens is 551 g/mol. The summed E-state index contributed by atoms with van der Waals surface area (Å²) in [5.74, 6) is -2.13. The number of primary amides is 1. The van der Waals surface area contributed by atoms with E-state index in [4.69, 9.17) is 20.9 Å². The minimum absolute atomic E-state index is 0.0205. The lowest BCUT2D eigenvalue weighted by molar-refractivity contribution is -0.153. The number of carbonyl (C=O) groups is 2. The molecule has 1 aliphatic carbocycles. The van der Waals surface area contributed by atoms with Crippen LogP contribution < -0.4 is 16.8 Å². The number of nitrogens with one attached hydrogen (secondary N) is 1. The maximum absolute atomic E-state index is 15.6. The van der Waals surface area contributed by atoms with Crippen molar-refractivity contribution in [3.8, 4) is 5.69 Å². The van der Waals surface area contributed by atoms with Gasteiger partial charge in [-0.25, -0.2) is 12.8 Å². The molecule has 3 aliphatic rings. The highest BCUT2D eigenvalue weighted by Crippen LogP contribution is 2.44. The molecular formula is C29H39FN4O6S. The van der Waals surface area contributed by atoms with Crippen molar-refractivity contribution >= 4 is 27.4 Å². The summed E-state index contributed by atoms with van der Waals surface area (Å²) in [6, 6.07) is 2.08. The lowest BCUT2D eigenvalue weighted by atomic mass is 9.89. The fourth-order valence-corrected chi connectivity index (χ4v) is 8.68. The third kappa shape index (κ3) is 5.61. The zero-order chi connectivity index (χ0) is 29.9. The number of rotatable bonds is 7. The summed E-state index contributed by atoms with van der Waals surface area (Å²) >= 11 is 0. The van der Waals surface area contributed by atoms with Crippen molar-refractivity contribution in [2.75, 3.05) is 11.1 Å². The van der Waals surface area contributed by atoms with Crippen LogP contribution in [0.1, 0.15) is 80.7 Å². The molecule has 41 heavy (non-hydrogen) atoms. The molecule has 1 aromatic carbocycles. The maximum Gasteiger partial charge on any atom is 0.323 e. The second-order valence-corrected chi connectivity index (χ2v) is 14.6. The molecule has 5 N–H and O–H groups in total. The Morgan fingerprint density at radius 3 is 2.46 bits per heavy atom. The van der Waals surface area contributed by atoms with E-state index in [9.17, 15) is 18.0 Å². The smallest absolute Gasteiger partial charge is 0.323 e. The van der Waals surface area contributed by atoms with Gasteiger partial charge >= 0.3 is 5.97 Å². The van der Waals surface area contributed by atoms with E-state index in [1.807, 2.05) is 27.7 Å². The van der Waals surface area contributed by atoms with E-state index in [0.29, 0.717) is 54.7 Å². The maximum atomic E-state index is 15.6. The second kappa shape index (κ2) is 10.7. The molecule has 1 amide bonds. The number of anilines is 1. The number of hydrogen-bond acceptors (Lipinski definition) is 8. The van der Waals surface area contributed by atoms with E-state index >= 15 is 4.39 Å². The van der Waals surface area contributed by atoms with Crippen LogP contribution in [0.5, 0.6) is 0 Å². The minimum Gasteiger partial charge on any atom is -0.461 e. The van der Waals surface area contributed by atoms with Crippen molar-refractivity contribution in [2.45, 2.75) is 96.1 Å². The summed E-state index contributed by atoms with van der Waals surface area (Å²) in [4.78, 5) is 24.9. The Morgan fingerprint density at radius 1 is 1.15 bits per heavy atom. The molecule has 12 heteroatoms. The van der Waals surface area contributed by atoms with E-state index in [2.05, 4.69) is 5.32 Å². The zero-order valence-electron chi connectivity index (χ0n) is 24.0. The van der Waals surface area contributed by atoms with E-state index in [0.717, 1.165) is 0 Å². The van der Waals surface area contributed by atoms with E-state index in [1.165, 1.54) is 6.07 Å². The number of ether oxygens (including phenoxy) is 2. The van der Waals surface area contributed by atoms with Gasteiger partial charge in [-0.05, 0) is 55.6 Å². The topological polar surface area (TPSA) is 156 Å². The lowest BCUT2D eigenvalue weighted by Crippen LogP contribution is -2.40. The zero-order valence-corrected chi connectivity index (χ0v) is 24.8. The van der Waals surface area contributed by atoms with Crippen LogP contribution in [0.4, 0.5) is 10.1 Å². The predicted molar refractivity (Wildman–Crippen MR) is 151 cm³/mol. The number of sulfone groups is 1. The summed E-state index contributed by atoms with van der Waals surface area (Å²) in [6.07, 6.45) is 2.64. The number of esters is 1. The molecule has 1 saturated carbocycles. The number of nitrogens with two attached hydrogens (primary N) is 2. The molecule has 3 heterocycles. The van der Waals surface area contributed by atoms with Crippen LogP contribution >= 0.6 is 0 Å². The second-order valence-electron chi connectivity index (χ2n) is 12.7. The highest BCUT2D eigenvalue weighted by atomic mass is 32.2. The van der Waals surface area contributed by atoms with Gasteiger partial charge in [0.15, 0.2) is 9.84 Å². The summed E-state index contributed by atoms with van der Waals surface area (Å²) in [7, 11) is -3.58. The lowest BCUT2D eigenvalue weighted by Gasteiger charge is -2.32. The molecule has 0 saturated heterocycles. The standard InChI is InChI=1S/C29H39FN4O6S/c1-15(2)25(31)28(36)40-18-7-5-16(6-8-18)33-21-10-17(9-20(30)24(21)27(32)35)34-22-11-29(3,4)14-41(37,38)26(22)19-12-39-13-23(19)34/h9-10,15-16,18,25,33H,5-8,11-14,31H2,1-4H3,(H2,32,35)/t16-,18-,25-/m0/s1. The van der Waals surface area contributed by atoms with Crippen LogP contribution in [0.3, 0.4) is 0 Å². The highest BCUT2D eigenvalue weighted by Gasteiger charge is 2.43. The van der Waals surface area contributed by atoms with Gasteiger partial charge in [0.1, 0.15) is 18.0 Å². The third-order valence-corrected chi connectivity index (χ3v) is 10.6. The molecule has 1 atom stereocenters. The van der Waals surface area contributed by atoms with Crippen LogP contribution in [0.2, 0.25) is 0 Å². The molecule has 0 unspecified atom stereocenters. The average Bonchev–Trinajstić information content (AvgIpc) is 3.42. The molecule has 0 bridgehead atoms. The first-order valence-corrected chi connectivity index (χ1v) is 15.8. The molecule has 224 valence electrons. The van der Waals surface area contributed by atoms with Crippen molar-refractivity contribution in [3.05, 3.63) is 40.5 Å². The number of hydrogen-bond donors (Lipinski definition) is 3. The van der Waals surface area contributed by atoms with Crippen molar-refractivity contribution in [1.29, 1.82) is 0 Å². The first-order valence-electron chi connectivity index (χ1n) is 14.1. The first-order chi connectivity index (χ1) is 19.2. The third-order valence-electron chi connectivity index (χ3n) is 8.33. The normalized spacial score (nSPS) is 23.5. The van der Waals surface area contributed by atoms with Crippen LogP contribution in [-0.4, -0.2) is 48.8 Å². The fraction of sp³-hybridized carbons (Fsp3) is 0.586. The number of amides is 1. The number of carbonyl (C=O) groups excluding carboxylic acids is 2. The Bertz CT molecular complexity index is 1490. The molecule has 5 rings (SSSR count). The largest absolute Gasteiger partial charge is 0.461 e. The summed E-state index contributed by atoms with van der Waals surface area (Å²) < 4.78 is 55.3. The SMILES string of the molecule is CC(C)[C@H](N)C(=O)O[C@H]1CC[C@H](Nc2cc(-n3c4c(c5c3CC(C)(C)CS5(=O)=O)COC4)cc(F)c2C(N)=O)CC1. The highest BCUT2D eigenvalue weighted by molar-refractivity contribution is 7.91. The quantitative estimate of drug-likeness (QED) is 0.415. The molecule has 0 spiro atoms. The molecule has 2 aliphatic heterocycles. The monoisotopic (exact) mass is 590 g/mol. The molecule has 1 fully saturated rings. The number of aromatic nitrogens is 1. The molecule has 0 radical (unpaired) electrons. The van der Waals surface area contributed by atoms with Gasteiger partial charge in [-0.15, -0.1) is 0 Å². The Hall–Kier alpha value is -2.96. The fourth-order valence-electron chi connectivity index (χ4n) is 6.33.